The van der Waals surface area contributed by atoms with Gasteiger partial charge in [-0.2, -0.15) is 0 Å². The Morgan fingerprint density at radius 3 is 2.61 bits per heavy atom. The average Bonchev–Trinajstić information content (AvgIpc) is 3.07. The molecule has 0 radical (unpaired) electrons. The fourth-order valence-electron chi connectivity index (χ4n) is 3.38. The summed E-state index contributed by atoms with van der Waals surface area (Å²) in [6.45, 7) is 13.5. The Bertz CT molecular complexity index is 862. The van der Waals surface area contributed by atoms with Gasteiger partial charge in [0.05, 0.1) is 11.5 Å². The third kappa shape index (κ3) is 3.34. The monoisotopic (exact) mass is 410 g/mol. The molecule has 2 aromatic rings. The minimum atomic E-state index is -2.31. The summed E-state index contributed by atoms with van der Waals surface area (Å²) in [4.78, 5) is 8.23. The van der Waals surface area contributed by atoms with E-state index in [-0.39, 0.29) is 5.04 Å². The van der Waals surface area contributed by atoms with E-state index in [1.165, 1.54) is 13.3 Å². The summed E-state index contributed by atoms with van der Waals surface area (Å²) in [6, 6.07) is 1.74. The first-order chi connectivity index (χ1) is 12.8. The molecule has 3 rings (SSSR count). The first kappa shape index (κ1) is 21.2. The van der Waals surface area contributed by atoms with Crippen LogP contribution >= 0.6 is 0 Å². The lowest BCUT2D eigenvalue weighted by Crippen LogP contribution is -2.53. The van der Waals surface area contributed by atoms with Crippen LogP contribution in [0.5, 0.6) is 0 Å². The molecule has 0 aromatic carbocycles. The molecule has 156 valence electrons. The standard InChI is InChI=1S/C19H31FN4O3Si/c1-11(25)13-14(27-28(6,7)18(2,3)4)19(5,20)17(26-13)24-9-8-12-15(21)22-10-23-16(12)24/h8-11,13-14,17,25H,1-7H3,(H2,21,22,23)/t11?,13-,14-,17-,19-/m1/s1. The van der Waals surface area contributed by atoms with E-state index in [1.807, 2.05) is 0 Å². The van der Waals surface area contributed by atoms with Gasteiger partial charge in [-0.1, -0.05) is 20.8 Å². The molecule has 28 heavy (non-hydrogen) atoms. The Labute approximate surface area is 166 Å². The van der Waals surface area contributed by atoms with Crippen LogP contribution in [0.1, 0.15) is 40.8 Å². The highest BCUT2D eigenvalue weighted by Gasteiger charge is 2.59. The van der Waals surface area contributed by atoms with Crippen LogP contribution in [-0.2, 0) is 9.16 Å². The number of aliphatic hydroxyl groups excluding tert-OH is 1. The third-order valence-electron chi connectivity index (χ3n) is 6.12. The number of aromatic nitrogens is 3. The van der Waals surface area contributed by atoms with E-state index in [0.29, 0.717) is 16.9 Å². The van der Waals surface area contributed by atoms with Gasteiger partial charge in [0.1, 0.15) is 30.0 Å². The highest BCUT2D eigenvalue weighted by Crippen LogP contribution is 2.48. The van der Waals surface area contributed by atoms with Crippen molar-refractivity contribution in [2.75, 3.05) is 5.73 Å². The van der Waals surface area contributed by atoms with Crippen molar-refractivity contribution in [1.29, 1.82) is 0 Å². The number of hydrogen-bond donors (Lipinski definition) is 2. The zero-order valence-electron chi connectivity index (χ0n) is 17.6. The zero-order valence-corrected chi connectivity index (χ0v) is 18.6. The lowest BCUT2D eigenvalue weighted by Gasteiger charge is -2.41. The Morgan fingerprint density at radius 2 is 2.04 bits per heavy atom. The highest BCUT2D eigenvalue weighted by molar-refractivity contribution is 6.74. The van der Waals surface area contributed by atoms with Gasteiger partial charge in [0.25, 0.3) is 0 Å². The molecule has 1 aliphatic heterocycles. The van der Waals surface area contributed by atoms with E-state index in [4.69, 9.17) is 14.9 Å². The number of fused-ring (bicyclic) bond motifs is 1. The van der Waals surface area contributed by atoms with Gasteiger partial charge < -0.3 is 24.6 Å². The summed E-state index contributed by atoms with van der Waals surface area (Å²) in [6.07, 6.45) is -0.577. The Morgan fingerprint density at radius 1 is 1.39 bits per heavy atom. The molecule has 7 nitrogen and oxygen atoms in total. The van der Waals surface area contributed by atoms with Gasteiger partial charge in [-0.25, -0.2) is 14.4 Å². The smallest absolute Gasteiger partial charge is 0.192 e. The van der Waals surface area contributed by atoms with Gasteiger partial charge in [0.2, 0.25) is 0 Å². The number of halogens is 1. The first-order valence-corrected chi connectivity index (χ1v) is 12.5. The van der Waals surface area contributed by atoms with Gasteiger partial charge >= 0.3 is 0 Å². The van der Waals surface area contributed by atoms with Gasteiger partial charge in [-0.05, 0) is 38.0 Å². The molecular weight excluding hydrogens is 379 g/mol. The van der Waals surface area contributed by atoms with Crippen LogP contribution < -0.4 is 5.73 Å². The number of anilines is 1. The maximum absolute atomic E-state index is 16.2. The summed E-state index contributed by atoms with van der Waals surface area (Å²) < 4.78 is 30.3. The Balaban J connectivity index is 2.04. The van der Waals surface area contributed by atoms with Crippen molar-refractivity contribution in [2.24, 2.45) is 0 Å². The minimum Gasteiger partial charge on any atom is -0.408 e. The Hall–Kier alpha value is -1.55. The molecule has 1 fully saturated rings. The summed E-state index contributed by atoms with van der Waals surface area (Å²) in [5, 5.41) is 10.8. The maximum atomic E-state index is 16.2. The van der Waals surface area contributed by atoms with Crippen molar-refractivity contribution >= 4 is 25.2 Å². The van der Waals surface area contributed by atoms with Crippen LogP contribution in [0.2, 0.25) is 18.1 Å². The number of alkyl halides is 1. The third-order valence-corrected chi connectivity index (χ3v) is 10.6. The van der Waals surface area contributed by atoms with Crippen LogP contribution in [0.25, 0.3) is 11.0 Å². The molecule has 0 amide bonds. The highest BCUT2D eigenvalue weighted by atomic mass is 28.4. The number of aliphatic hydroxyl groups is 1. The first-order valence-electron chi connectivity index (χ1n) is 9.54. The number of rotatable bonds is 4. The summed E-state index contributed by atoms with van der Waals surface area (Å²) in [5.41, 5.74) is 4.51. The maximum Gasteiger partial charge on any atom is 0.192 e. The molecular formula is C19H31FN4O3Si. The molecule has 2 aromatic heterocycles. The minimum absolute atomic E-state index is 0.105. The number of nitrogen functional groups attached to an aromatic ring is 1. The van der Waals surface area contributed by atoms with Crippen molar-refractivity contribution in [3.63, 3.8) is 0 Å². The van der Waals surface area contributed by atoms with Gasteiger partial charge in [-0.3, -0.25) is 0 Å². The van der Waals surface area contributed by atoms with Gasteiger partial charge in [0.15, 0.2) is 20.2 Å². The van der Waals surface area contributed by atoms with E-state index < -0.39 is 38.5 Å². The number of nitrogens with two attached hydrogens (primary N) is 1. The molecule has 9 heteroatoms. The molecule has 0 aliphatic carbocycles. The summed E-state index contributed by atoms with van der Waals surface area (Å²) in [7, 11) is -2.31. The van der Waals surface area contributed by atoms with Gasteiger partial charge in [-0.15, -0.1) is 0 Å². The summed E-state index contributed by atoms with van der Waals surface area (Å²) >= 11 is 0. The van der Waals surface area contributed by atoms with E-state index in [2.05, 4.69) is 43.8 Å². The molecule has 1 unspecified atom stereocenters. The molecule has 0 spiro atoms. The topological polar surface area (TPSA) is 95.4 Å². The van der Waals surface area contributed by atoms with E-state index in [1.54, 1.807) is 23.8 Å². The fraction of sp³-hybridized carbons (Fsp3) is 0.684. The lowest BCUT2D eigenvalue weighted by atomic mass is 9.96. The predicted molar refractivity (Wildman–Crippen MR) is 109 cm³/mol. The second-order valence-electron chi connectivity index (χ2n) is 9.36. The molecule has 5 atom stereocenters. The van der Waals surface area contributed by atoms with Crippen LogP contribution in [-0.4, -0.2) is 51.9 Å². The normalized spacial score (nSPS) is 30.1. The summed E-state index contributed by atoms with van der Waals surface area (Å²) in [5.74, 6) is 0.323. The average molecular weight is 411 g/mol. The number of nitrogens with zero attached hydrogens (tertiary/aromatic N) is 3. The fourth-order valence-corrected chi connectivity index (χ4v) is 4.73. The molecule has 3 N–H and O–H groups in total. The number of ether oxygens (including phenoxy) is 1. The van der Waals surface area contributed by atoms with Crippen molar-refractivity contribution in [2.45, 2.75) is 83.0 Å². The van der Waals surface area contributed by atoms with E-state index >= 15 is 4.39 Å². The van der Waals surface area contributed by atoms with Crippen LogP contribution in [0, 0.1) is 0 Å². The second kappa shape index (κ2) is 6.76. The molecule has 0 bridgehead atoms. The molecule has 3 heterocycles. The largest absolute Gasteiger partial charge is 0.408 e. The van der Waals surface area contributed by atoms with Crippen molar-refractivity contribution in [3.05, 3.63) is 18.6 Å². The zero-order chi connectivity index (χ0) is 21.1. The van der Waals surface area contributed by atoms with E-state index in [0.717, 1.165) is 0 Å². The molecule has 0 saturated carbocycles. The van der Waals surface area contributed by atoms with E-state index in [9.17, 15) is 5.11 Å². The quantitative estimate of drug-likeness (QED) is 0.750. The van der Waals surface area contributed by atoms with Crippen LogP contribution in [0.15, 0.2) is 18.6 Å². The SMILES string of the molecule is CC(O)[C@H]1O[C@@H](n2ccc3c(N)ncnc32)[C@](C)(F)[C@@H]1O[Si](C)(C)C(C)(C)C. The molecule has 1 aliphatic rings. The Kier molecular flexibility index (Phi) is 5.11. The number of hydrogen-bond acceptors (Lipinski definition) is 6. The predicted octanol–water partition coefficient (Wildman–Crippen LogP) is 3.41. The van der Waals surface area contributed by atoms with Gasteiger partial charge in [0, 0.05) is 6.20 Å². The van der Waals surface area contributed by atoms with Crippen molar-refractivity contribution < 1.29 is 18.7 Å². The van der Waals surface area contributed by atoms with Crippen LogP contribution in [0.3, 0.4) is 0 Å². The second-order valence-corrected chi connectivity index (χ2v) is 14.1. The molecule has 1 saturated heterocycles. The van der Waals surface area contributed by atoms with Crippen molar-refractivity contribution in [1.82, 2.24) is 14.5 Å². The lowest BCUT2D eigenvalue weighted by molar-refractivity contribution is -0.0786. The van der Waals surface area contributed by atoms with Crippen molar-refractivity contribution in [3.8, 4) is 0 Å². The van der Waals surface area contributed by atoms with Crippen LogP contribution in [0.4, 0.5) is 10.2 Å².